The van der Waals surface area contributed by atoms with Gasteiger partial charge in [-0.1, -0.05) is 18.2 Å². The average Bonchev–Trinajstić information content (AvgIpc) is 3.25. The lowest BCUT2D eigenvalue weighted by atomic mass is 9.99. The minimum atomic E-state index is -0.432. The summed E-state index contributed by atoms with van der Waals surface area (Å²) in [5, 5.41) is 10.6. The van der Waals surface area contributed by atoms with E-state index in [1.807, 2.05) is 37.3 Å². The molecule has 1 N–H and O–H groups in total. The largest absolute Gasteiger partial charge is 0.441 e. The number of thiophene rings is 1. The van der Waals surface area contributed by atoms with Crippen LogP contribution in [0.15, 0.2) is 40.8 Å². The SMILES string of the molecule is Cc1cc(C2=C(c3nc(-c4ccccc4)oc3C)CCC2O)c(C)s1. The molecule has 1 unspecified atom stereocenters. The lowest BCUT2D eigenvalue weighted by Gasteiger charge is -2.10. The Morgan fingerprint density at radius 2 is 1.92 bits per heavy atom. The van der Waals surface area contributed by atoms with Gasteiger partial charge in [-0.3, -0.25) is 0 Å². The molecule has 0 saturated carbocycles. The highest BCUT2D eigenvalue weighted by Crippen LogP contribution is 2.43. The fourth-order valence-electron chi connectivity index (χ4n) is 3.63. The number of aryl methyl sites for hydroxylation is 3. The van der Waals surface area contributed by atoms with Crippen LogP contribution in [0.1, 0.15) is 39.6 Å². The molecule has 0 spiro atoms. The van der Waals surface area contributed by atoms with Crippen LogP contribution in [0, 0.1) is 20.8 Å². The summed E-state index contributed by atoms with van der Waals surface area (Å²) in [4.78, 5) is 7.29. The first kappa shape index (κ1) is 16.3. The third-order valence-corrected chi connectivity index (χ3v) is 5.73. The van der Waals surface area contributed by atoms with Crippen molar-refractivity contribution >= 4 is 22.5 Å². The molecule has 4 rings (SSSR count). The first-order chi connectivity index (χ1) is 12.0. The molecule has 0 amide bonds. The van der Waals surface area contributed by atoms with Gasteiger partial charge in [0.2, 0.25) is 5.89 Å². The summed E-state index contributed by atoms with van der Waals surface area (Å²) >= 11 is 1.77. The van der Waals surface area contributed by atoms with Crippen molar-refractivity contribution in [3.05, 3.63) is 63.2 Å². The Kier molecular flexibility index (Phi) is 4.10. The number of oxazole rings is 1. The van der Waals surface area contributed by atoms with Crippen LogP contribution in [-0.4, -0.2) is 16.2 Å². The Hall–Kier alpha value is -2.17. The maximum atomic E-state index is 10.6. The lowest BCUT2D eigenvalue weighted by Crippen LogP contribution is -2.04. The van der Waals surface area contributed by atoms with Gasteiger partial charge < -0.3 is 9.52 Å². The second-order valence-electron chi connectivity index (χ2n) is 6.56. The highest BCUT2D eigenvalue weighted by molar-refractivity contribution is 7.12. The van der Waals surface area contributed by atoms with Gasteiger partial charge in [0.15, 0.2) is 0 Å². The van der Waals surface area contributed by atoms with Gasteiger partial charge in [-0.15, -0.1) is 11.3 Å². The van der Waals surface area contributed by atoms with Crippen molar-refractivity contribution in [1.82, 2.24) is 4.98 Å². The Morgan fingerprint density at radius 3 is 2.60 bits per heavy atom. The Balaban J connectivity index is 1.85. The summed E-state index contributed by atoms with van der Waals surface area (Å²) in [6, 6.07) is 12.1. The van der Waals surface area contributed by atoms with E-state index in [0.717, 1.165) is 46.6 Å². The third kappa shape index (κ3) is 2.86. The van der Waals surface area contributed by atoms with E-state index in [1.165, 1.54) is 9.75 Å². The maximum absolute atomic E-state index is 10.6. The van der Waals surface area contributed by atoms with Crippen molar-refractivity contribution in [3.8, 4) is 11.5 Å². The molecule has 0 fully saturated rings. The number of allylic oxidation sites excluding steroid dienone is 1. The number of aliphatic hydroxyl groups is 1. The molecule has 1 aromatic carbocycles. The Bertz CT molecular complexity index is 950. The fraction of sp³-hybridized carbons (Fsp3) is 0.286. The summed E-state index contributed by atoms with van der Waals surface area (Å²) in [5.74, 6) is 1.45. The van der Waals surface area contributed by atoms with Crippen LogP contribution >= 0.6 is 11.3 Å². The van der Waals surface area contributed by atoms with Gasteiger partial charge in [0.1, 0.15) is 11.5 Å². The molecule has 128 valence electrons. The van der Waals surface area contributed by atoms with E-state index in [4.69, 9.17) is 9.40 Å². The second kappa shape index (κ2) is 6.28. The molecular weight excluding hydrogens is 330 g/mol. The number of hydrogen-bond donors (Lipinski definition) is 1. The first-order valence-corrected chi connectivity index (χ1v) is 9.38. The predicted octanol–water partition coefficient (Wildman–Crippen LogP) is 5.39. The molecule has 25 heavy (non-hydrogen) atoms. The van der Waals surface area contributed by atoms with Crippen LogP contribution in [-0.2, 0) is 0 Å². The predicted molar refractivity (Wildman–Crippen MR) is 103 cm³/mol. The van der Waals surface area contributed by atoms with Crippen molar-refractivity contribution in [2.24, 2.45) is 0 Å². The second-order valence-corrected chi connectivity index (χ2v) is 8.02. The highest BCUT2D eigenvalue weighted by Gasteiger charge is 2.30. The third-order valence-electron chi connectivity index (χ3n) is 4.76. The van der Waals surface area contributed by atoms with E-state index in [9.17, 15) is 5.11 Å². The number of rotatable bonds is 3. The van der Waals surface area contributed by atoms with Crippen LogP contribution in [0.5, 0.6) is 0 Å². The average molecular weight is 351 g/mol. The lowest BCUT2D eigenvalue weighted by molar-refractivity contribution is 0.231. The van der Waals surface area contributed by atoms with Crippen LogP contribution in [0.25, 0.3) is 22.6 Å². The molecule has 2 heterocycles. The monoisotopic (exact) mass is 351 g/mol. The first-order valence-electron chi connectivity index (χ1n) is 8.56. The molecule has 0 aliphatic heterocycles. The van der Waals surface area contributed by atoms with Gasteiger partial charge in [0.05, 0.1) is 6.10 Å². The maximum Gasteiger partial charge on any atom is 0.226 e. The quantitative estimate of drug-likeness (QED) is 0.688. The Labute approximate surface area is 151 Å². The van der Waals surface area contributed by atoms with Crippen LogP contribution in [0.3, 0.4) is 0 Å². The summed E-state index contributed by atoms with van der Waals surface area (Å²) < 4.78 is 5.94. The molecule has 1 atom stereocenters. The smallest absolute Gasteiger partial charge is 0.226 e. The zero-order chi connectivity index (χ0) is 17.6. The summed E-state index contributed by atoms with van der Waals surface area (Å²) in [6.07, 6.45) is 1.14. The summed E-state index contributed by atoms with van der Waals surface area (Å²) in [7, 11) is 0. The highest BCUT2D eigenvalue weighted by atomic mass is 32.1. The minimum absolute atomic E-state index is 0.432. The van der Waals surface area contributed by atoms with E-state index in [1.54, 1.807) is 11.3 Å². The van der Waals surface area contributed by atoms with Gasteiger partial charge in [0, 0.05) is 15.3 Å². The normalized spacial score (nSPS) is 17.5. The standard InChI is InChI=1S/C21H21NO2S/c1-12-11-17(14(3)25-12)19-16(9-10-18(19)23)20-13(2)24-21(22-20)15-7-5-4-6-8-15/h4-8,11,18,23H,9-10H2,1-3H3. The van der Waals surface area contributed by atoms with E-state index < -0.39 is 6.10 Å². The van der Waals surface area contributed by atoms with Gasteiger partial charge in [-0.2, -0.15) is 0 Å². The number of aromatic nitrogens is 1. The molecule has 2 aromatic heterocycles. The summed E-state index contributed by atoms with van der Waals surface area (Å²) in [5.41, 5.74) is 5.16. The summed E-state index contributed by atoms with van der Waals surface area (Å²) in [6.45, 7) is 6.18. The molecule has 1 aliphatic carbocycles. The fourth-order valence-corrected chi connectivity index (χ4v) is 4.57. The van der Waals surface area contributed by atoms with Crippen LogP contribution in [0.4, 0.5) is 0 Å². The number of aliphatic hydroxyl groups excluding tert-OH is 1. The van der Waals surface area contributed by atoms with E-state index in [2.05, 4.69) is 19.9 Å². The van der Waals surface area contributed by atoms with Crippen molar-refractivity contribution in [3.63, 3.8) is 0 Å². The van der Waals surface area contributed by atoms with Crippen LogP contribution in [0.2, 0.25) is 0 Å². The molecular formula is C21H21NO2S. The van der Waals surface area contributed by atoms with E-state index in [0.29, 0.717) is 5.89 Å². The van der Waals surface area contributed by atoms with Gasteiger partial charge in [0.25, 0.3) is 0 Å². The zero-order valence-electron chi connectivity index (χ0n) is 14.7. The van der Waals surface area contributed by atoms with Crippen molar-refractivity contribution in [1.29, 1.82) is 0 Å². The Morgan fingerprint density at radius 1 is 1.16 bits per heavy atom. The van der Waals surface area contributed by atoms with E-state index in [-0.39, 0.29) is 0 Å². The number of nitrogens with zero attached hydrogens (tertiary/aromatic N) is 1. The molecule has 3 nitrogen and oxygen atoms in total. The van der Waals surface area contributed by atoms with Crippen LogP contribution < -0.4 is 0 Å². The van der Waals surface area contributed by atoms with E-state index >= 15 is 0 Å². The van der Waals surface area contributed by atoms with Gasteiger partial charge in [-0.05, 0) is 68.5 Å². The molecule has 0 bridgehead atoms. The minimum Gasteiger partial charge on any atom is -0.441 e. The molecule has 0 radical (unpaired) electrons. The molecule has 0 saturated heterocycles. The molecule has 1 aliphatic rings. The van der Waals surface area contributed by atoms with Crippen molar-refractivity contribution < 1.29 is 9.52 Å². The van der Waals surface area contributed by atoms with Gasteiger partial charge >= 0.3 is 0 Å². The van der Waals surface area contributed by atoms with Crippen molar-refractivity contribution in [2.75, 3.05) is 0 Å². The molecule has 3 aromatic rings. The molecule has 4 heteroatoms. The number of hydrogen-bond acceptors (Lipinski definition) is 4. The van der Waals surface area contributed by atoms with Gasteiger partial charge in [-0.25, -0.2) is 4.98 Å². The topological polar surface area (TPSA) is 46.3 Å². The number of benzene rings is 1. The zero-order valence-corrected chi connectivity index (χ0v) is 15.5. The van der Waals surface area contributed by atoms with Crippen molar-refractivity contribution in [2.45, 2.75) is 39.7 Å².